The molecule has 0 saturated heterocycles. The number of Topliss-reactive ketones (excluding diaryl/α,β-unsaturated/α-hetero) is 1. The summed E-state index contributed by atoms with van der Waals surface area (Å²) < 4.78 is 5.16. The highest BCUT2D eigenvalue weighted by Crippen LogP contribution is 2.24. The van der Waals surface area contributed by atoms with E-state index >= 15 is 0 Å². The molecule has 0 aliphatic heterocycles. The van der Waals surface area contributed by atoms with Crippen LogP contribution in [-0.4, -0.2) is 18.4 Å². The van der Waals surface area contributed by atoms with Crippen molar-refractivity contribution < 1.29 is 14.3 Å². The number of fused-ring (bicyclic) bond motifs is 1. The van der Waals surface area contributed by atoms with Crippen molar-refractivity contribution in [1.82, 2.24) is 0 Å². The highest BCUT2D eigenvalue weighted by atomic mass is 16.5. The Labute approximate surface area is 156 Å². The molecule has 0 radical (unpaired) electrons. The van der Waals surface area contributed by atoms with Crippen molar-refractivity contribution in [2.45, 2.75) is 33.6 Å². The van der Waals surface area contributed by atoms with Crippen molar-refractivity contribution in [3.63, 3.8) is 0 Å². The number of esters is 1. The van der Waals surface area contributed by atoms with Crippen molar-refractivity contribution >= 4 is 22.5 Å². The van der Waals surface area contributed by atoms with Crippen molar-refractivity contribution in [3.05, 3.63) is 60.7 Å². The maximum atomic E-state index is 12.7. The quantitative estimate of drug-likeness (QED) is 0.472. The first-order valence-electron chi connectivity index (χ1n) is 9.21. The lowest BCUT2D eigenvalue weighted by atomic mass is 9.85. The molecule has 2 atom stereocenters. The number of rotatable bonds is 9. The van der Waals surface area contributed by atoms with E-state index in [0.29, 0.717) is 6.42 Å². The molecule has 138 valence electrons. The minimum Gasteiger partial charge on any atom is -0.461 e. The number of hydrogen-bond acceptors (Lipinski definition) is 3. The van der Waals surface area contributed by atoms with Gasteiger partial charge in [-0.25, -0.2) is 0 Å². The summed E-state index contributed by atoms with van der Waals surface area (Å²) in [7, 11) is 0. The van der Waals surface area contributed by atoms with Crippen LogP contribution in [0.25, 0.3) is 10.8 Å². The molecule has 2 aromatic carbocycles. The highest BCUT2D eigenvalue weighted by molar-refractivity contribution is 5.88. The Morgan fingerprint density at radius 2 is 1.77 bits per heavy atom. The van der Waals surface area contributed by atoms with Gasteiger partial charge in [-0.2, -0.15) is 0 Å². The van der Waals surface area contributed by atoms with Crippen molar-refractivity contribution in [1.29, 1.82) is 0 Å². The third-order valence-corrected chi connectivity index (χ3v) is 4.83. The molecule has 3 heteroatoms. The fourth-order valence-electron chi connectivity index (χ4n) is 3.17. The molecule has 0 amide bonds. The molecule has 0 saturated carbocycles. The molecule has 0 N–H and O–H groups in total. The minimum absolute atomic E-state index is 0.0565. The molecule has 2 aromatic rings. The zero-order valence-electron chi connectivity index (χ0n) is 15.9. The highest BCUT2D eigenvalue weighted by Gasteiger charge is 2.28. The molecule has 0 aromatic heterocycles. The lowest BCUT2D eigenvalue weighted by molar-refractivity contribution is -0.150. The smallest absolute Gasteiger partial charge is 0.309 e. The molecule has 0 unspecified atom stereocenters. The maximum Gasteiger partial charge on any atom is 0.309 e. The summed E-state index contributed by atoms with van der Waals surface area (Å²) in [6.07, 6.45) is 2.44. The Balaban J connectivity index is 2.08. The summed E-state index contributed by atoms with van der Waals surface area (Å²) >= 11 is 0. The first-order chi connectivity index (χ1) is 12.4. The van der Waals surface area contributed by atoms with Crippen molar-refractivity contribution in [2.75, 3.05) is 6.61 Å². The lowest BCUT2D eigenvalue weighted by Crippen LogP contribution is -2.28. The molecule has 0 aliphatic rings. The largest absolute Gasteiger partial charge is 0.461 e. The minimum atomic E-state index is -0.405. The van der Waals surface area contributed by atoms with E-state index in [1.54, 1.807) is 6.08 Å². The van der Waals surface area contributed by atoms with E-state index < -0.39 is 5.92 Å². The Morgan fingerprint density at radius 3 is 2.46 bits per heavy atom. The van der Waals surface area contributed by atoms with E-state index in [9.17, 15) is 9.59 Å². The van der Waals surface area contributed by atoms with Gasteiger partial charge in [0.15, 0.2) is 0 Å². The average Bonchev–Trinajstić information content (AvgIpc) is 2.63. The van der Waals surface area contributed by atoms with Crippen LogP contribution in [0.2, 0.25) is 0 Å². The third kappa shape index (κ3) is 5.04. The van der Waals surface area contributed by atoms with Gasteiger partial charge in [0, 0.05) is 12.3 Å². The predicted octanol–water partition coefficient (Wildman–Crippen LogP) is 4.98. The van der Waals surface area contributed by atoms with Gasteiger partial charge in [-0.3, -0.25) is 9.59 Å². The maximum absolute atomic E-state index is 12.7. The SMILES string of the molecule is C=CCOC(=O)[C@@H](CC(=O)[C@@H](C)Cc1cccc2ccccc12)C(C)C. The zero-order chi connectivity index (χ0) is 19.1. The first-order valence-corrected chi connectivity index (χ1v) is 9.21. The lowest BCUT2D eigenvalue weighted by Gasteiger charge is -2.20. The Kier molecular flexibility index (Phi) is 7.14. The standard InChI is InChI=1S/C23H28O3/c1-5-13-26-23(25)21(16(2)3)15-22(24)17(4)14-19-11-8-10-18-9-6-7-12-20(18)19/h5-12,16-17,21H,1,13-15H2,2-4H3/t17-,21-/m0/s1. The van der Waals surface area contributed by atoms with E-state index in [1.165, 1.54) is 16.3 Å². The molecule has 0 fully saturated rings. The summed E-state index contributed by atoms with van der Waals surface area (Å²) in [5.41, 5.74) is 1.17. The summed E-state index contributed by atoms with van der Waals surface area (Å²) in [5, 5.41) is 2.36. The summed E-state index contributed by atoms with van der Waals surface area (Å²) in [4.78, 5) is 25.0. The van der Waals surface area contributed by atoms with Gasteiger partial charge in [-0.05, 0) is 28.7 Å². The second-order valence-electron chi connectivity index (χ2n) is 7.18. The van der Waals surface area contributed by atoms with Crippen LogP contribution < -0.4 is 0 Å². The van der Waals surface area contributed by atoms with E-state index in [4.69, 9.17) is 4.74 Å². The van der Waals surface area contributed by atoms with Gasteiger partial charge in [-0.15, -0.1) is 0 Å². The van der Waals surface area contributed by atoms with E-state index in [1.807, 2.05) is 39.0 Å². The fourth-order valence-corrected chi connectivity index (χ4v) is 3.17. The van der Waals surface area contributed by atoms with Crippen LogP contribution >= 0.6 is 0 Å². The normalized spacial score (nSPS) is 13.4. The van der Waals surface area contributed by atoms with E-state index in [2.05, 4.69) is 30.8 Å². The van der Waals surface area contributed by atoms with E-state index in [0.717, 1.165) is 0 Å². The van der Waals surface area contributed by atoms with E-state index in [-0.39, 0.29) is 36.6 Å². The molecule has 3 nitrogen and oxygen atoms in total. The topological polar surface area (TPSA) is 43.4 Å². The van der Waals surface area contributed by atoms with Crippen LogP contribution in [-0.2, 0) is 20.7 Å². The van der Waals surface area contributed by atoms with Gasteiger partial charge in [0.2, 0.25) is 0 Å². The third-order valence-electron chi connectivity index (χ3n) is 4.83. The molecule has 0 heterocycles. The Hall–Kier alpha value is -2.42. The van der Waals surface area contributed by atoms with Crippen LogP contribution in [0.4, 0.5) is 0 Å². The van der Waals surface area contributed by atoms with Crippen LogP contribution in [0.1, 0.15) is 32.8 Å². The monoisotopic (exact) mass is 352 g/mol. The molecular weight excluding hydrogens is 324 g/mol. The summed E-state index contributed by atoms with van der Waals surface area (Å²) in [6.45, 7) is 9.57. The van der Waals surface area contributed by atoms with Gasteiger partial charge in [0.1, 0.15) is 12.4 Å². The zero-order valence-corrected chi connectivity index (χ0v) is 15.9. The first kappa shape index (κ1) is 19.9. The Bertz CT molecular complexity index is 771. The molecule has 2 rings (SSSR count). The average molecular weight is 352 g/mol. The van der Waals surface area contributed by atoms with Crippen LogP contribution in [0.5, 0.6) is 0 Å². The van der Waals surface area contributed by atoms with Crippen molar-refractivity contribution in [2.24, 2.45) is 17.8 Å². The molecular formula is C23H28O3. The number of benzene rings is 2. The molecule has 0 spiro atoms. The second kappa shape index (κ2) is 9.33. The molecule has 26 heavy (non-hydrogen) atoms. The van der Waals surface area contributed by atoms with Gasteiger partial charge in [0.05, 0.1) is 5.92 Å². The number of ketones is 1. The summed E-state index contributed by atoms with van der Waals surface area (Å²) in [5.74, 6) is -0.703. The molecule has 0 aliphatic carbocycles. The molecule has 0 bridgehead atoms. The summed E-state index contributed by atoms with van der Waals surface area (Å²) in [6, 6.07) is 14.4. The number of ether oxygens (including phenoxy) is 1. The second-order valence-corrected chi connectivity index (χ2v) is 7.18. The van der Waals surface area contributed by atoms with Gasteiger partial charge in [0.25, 0.3) is 0 Å². The predicted molar refractivity (Wildman–Crippen MR) is 106 cm³/mol. The number of hydrogen-bond donors (Lipinski definition) is 0. The number of carbonyl (C=O) groups excluding carboxylic acids is 2. The number of carbonyl (C=O) groups is 2. The van der Waals surface area contributed by atoms with Crippen LogP contribution in [0.15, 0.2) is 55.1 Å². The fraction of sp³-hybridized carbons (Fsp3) is 0.391. The van der Waals surface area contributed by atoms with Gasteiger partial charge >= 0.3 is 5.97 Å². The van der Waals surface area contributed by atoms with Gasteiger partial charge < -0.3 is 4.74 Å². The van der Waals surface area contributed by atoms with Crippen molar-refractivity contribution in [3.8, 4) is 0 Å². The van der Waals surface area contributed by atoms with Gasteiger partial charge in [-0.1, -0.05) is 75.9 Å². The Morgan fingerprint density at radius 1 is 1.08 bits per heavy atom. The van der Waals surface area contributed by atoms with Crippen LogP contribution in [0, 0.1) is 17.8 Å². The van der Waals surface area contributed by atoms with Crippen LogP contribution in [0.3, 0.4) is 0 Å².